The van der Waals surface area contributed by atoms with E-state index in [-0.39, 0.29) is 5.54 Å². The van der Waals surface area contributed by atoms with Crippen LogP contribution in [0.1, 0.15) is 58.3 Å². The largest absolute Gasteiger partial charge is 0.324 e. The zero-order valence-electron chi connectivity index (χ0n) is 13.8. The first-order valence-corrected chi connectivity index (χ1v) is 8.18. The normalized spacial score (nSPS) is 30.9. The molecule has 114 valence electrons. The van der Waals surface area contributed by atoms with Crippen LogP contribution in [0.25, 0.3) is 0 Å². The highest BCUT2D eigenvalue weighted by atomic mass is 15.3. The van der Waals surface area contributed by atoms with E-state index in [2.05, 4.69) is 50.5 Å². The zero-order chi connectivity index (χ0) is 14.9. The van der Waals surface area contributed by atoms with Crippen LogP contribution in [0.5, 0.6) is 0 Å². The van der Waals surface area contributed by atoms with Crippen molar-refractivity contribution in [1.82, 2.24) is 9.78 Å². The summed E-state index contributed by atoms with van der Waals surface area (Å²) in [6.45, 7) is 12.2. The Bertz CT molecular complexity index is 449. The van der Waals surface area contributed by atoms with Crippen molar-refractivity contribution in [2.45, 2.75) is 72.4 Å². The minimum absolute atomic E-state index is 0.0643. The van der Waals surface area contributed by atoms with Crippen molar-refractivity contribution < 1.29 is 0 Å². The molecule has 1 aromatic rings. The lowest BCUT2D eigenvalue weighted by Crippen LogP contribution is -2.54. The maximum atomic E-state index is 6.92. The summed E-state index contributed by atoms with van der Waals surface area (Å²) < 4.78 is 2.13. The number of hydrogen-bond acceptors (Lipinski definition) is 2. The summed E-state index contributed by atoms with van der Waals surface area (Å²) in [5.41, 5.74) is 9.27. The molecule has 2 N–H and O–H groups in total. The van der Waals surface area contributed by atoms with Crippen LogP contribution in [-0.4, -0.2) is 15.3 Å². The van der Waals surface area contributed by atoms with Crippen LogP contribution in [0.3, 0.4) is 0 Å². The van der Waals surface area contributed by atoms with Gasteiger partial charge in [-0.15, -0.1) is 0 Å². The average molecular weight is 277 g/mol. The Kier molecular flexibility index (Phi) is 4.58. The first-order chi connectivity index (χ1) is 9.35. The average Bonchev–Trinajstić information content (AvgIpc) is 2.67. The van der Waals surface area contributed by atoms with Crippen LogP contribution in [0.2, 0.25) is 0 Å². The topological polar surface area (TPSA) is 43.8 Å². The molecule has 20 heavy (non-hydrogen) atoms. The van der Waals surface area contributed by atoms with Gasteiger partial charge in [0.15, 0.2) is 0 Å². The minimum Gasteiger partial charge on any atom is -0.324 e. The summed E-state index contributed by atoms with van der Waals surface area (Å²) in [5, 5.41) is 4.58. The van der Waals surface area contributed by atoms with Gasteiger partial charge in [-0.05, 0) is 50.5 Å². The van der Waals surface area contributed by atoms with Crippen molar-refractivity contribution in [3.05, 3.63) is 17.5 Å². The minimum atomic E-state index is -0.0643. The molecule has 3 heteroatoms. The van der Waals surface area contributed by atoms with Crippen molar-refractivity contribution in [3.63, 3.8) is 0 Å². The molecule has 0 aliphatic heterocycles. The highest BCUT2D eigenvalue weighted by Crippen LogP contribution is 2.41. The van der Waals surface area contributed by atoms with Crippen molar-refractivity contribution in [2.24, 2.45) is 23.5 Å². The quantitative estimate of drug-likeness (QED) is 0.914. The van der Waals surface area contributed by atoms with E-state index in [9.17, 15) is 0 Å². The first kappa shape index (κ1) is 15.6. The molecule has 2 rings (SSSR count). The molecule has 1 fully saturated rings. The highest BCUT2D eigenvalue weighted by Gasteiger charge is 2.41. The fourth-order valence-corrected chi connectivity index (χ4v) is 4.21. The molecular formula is C17H31N3. The summed E-state index contributed by atoms with van der Waals surface area (Å²) in [4.78, 5) is 0. The summed E-state index contributed by atoms with van der Waals surface area (Å²) in [6.07, 6.45) is 4.71. The van der Waals surface area contributed by atoms with E-state index in [1.54, 1.807) is 0 Å². The molecule has 1 aromatic heterocycles. The Morgan fingerprint density at radius 1 is 1.45 bits per heavy atom. The van der Waals surface area contributed by atoms with E-state index in [1.165, 1.54) is 18.5 Å². The summed E-state index contributed by atoms with van der Waals surface area (Å²) in [5.74, 6) is 2.03. The third-order valence-electron chi connectivity index (χ3n) is 5.04. The van der Waals surface area contributed by atoms with Crippen molar-refractivity contribution in [1.29, 1.82) is 0 Å². The van der Waals surface area contributed by atoms with Gasteiger partial charge in [-0.3, -0.25) is 4.68 Å². The Balaban J connectivity index is 2.26. The smallest absolute Gasteiger partial charge is 0.0596 e. The van der Waals surface area contributed by atoms with Crippen molar-refractivity contribution >= 4 is 0 Å². The van der Waals surface area contributed by atoms with E-state index in [4.69, 9.17) is 5.73 Å². The molecule has 3 nitrogen and oxygen atoms in total. The van der Waals surface area contributed by atoms with Crippen LogP contribution >= 0.6 is 0 Å². The molecule has 3 atom stereocenters. The van der Waals surface area contributed by atoms with Crippen LogP contribution in [0, 0.1) is 24.7 Å². The molecule has 1 heterocycles. The van der Waals surface area contributed by atoms with Crippen molar-refractivity contribution in [2.75, 3.05) is 0 Å². The van der Waals surface area contributed by atoms with Gasteiger partial charge in [-0.1, -0.05) is 27.2 Å². The highest BCUT2D eigenvalue weighted by molar-refractivity contribution is 5.14. The molecule has 1 aliphatic rings. The van der Waals surface area contributed by atoms with Gasteiger partial charge in [-0.2, -0.15) is 5.10 Å². The molecule has 0 amide bonds. The van der Waals surface area contributed by atoms with Gasteiger partial charge in [0, 0.05) is 24.2 Å². The second-order valence-electron chi connectivity index (χ2n) is 7.24. The number of nitrogens with two attached hydrogens (primary N) is 1. The van der Waals surface area contributed by atoms with E-state index < -0.39 is 0 Å². The van der Waals surface area contributed by atoms with E-state index >= 15 is 0 Å². The Labute approximate surface area is 123 Å². The second kappa shape index (κ2) is 5.88. The Morgan fingerprint density at radius 2 is 2.15 bits per heavy atom. The Hall–Kier alpha value is -0.830. The number of aryl methyl sites for hydroxylation is 2. The van der Waals surface area contributed by atoms with Gasteiger partial charge < -0.3 is 5.73 Å². The maximum absolute atomic E-state index is 6.92. The number of rotatable bonds is 4. The van der Waals surface area contributed by atoms with Gasteiger partial charge in [0.2, 0.25) is 0 Å². The van der Waals surface area contributed by atoms with E-state index in [1.807, 2.05) is 0 Å². The lowest BCUT2D eigenvalue weighted by atomic mass is 9.64. The van der Waals surface area contributed by atoms with Gasteiger partial charge in [0.1, 0.15) is 0 Å². The van der Waals surface area contributed by atoms with Crippen LogP contribution in [0.15, 0.2) is 6.07 Å². The van der Waals surface area contributed by atoms with Crippen LogP contribution in [-0.2, 0) is 13.0 Å². The summed E-state index contributed by atoms with van der Waals surface area (Å²) in [6, 6.07) is 2.22. The third-order valence-corrected chi connectivity index (χ3v) is 5.04. The summed E-state index contributed by atoms with van der Waals surface area (Å²) >= 11 is 0. The van der Waals surface area contributed by atoms with Crippen LogP contribution in [0.4, 0.5) is 0 Å². The Morgan fingerprint density at radius 3 is 2.75 bits per heavy atom. The molecule has 3 unspecified atom stereocenters. The molecule has 0 bridgehead atoms. The standard InChI is InChI=1S/C17H31N3/c1-6-20-15(9-14(5)19-20)11-17(18)10-13(4)7-8-16(17)12(2)3/h9,12-13,16H,6-8,10-11,18H2,1-5H3. The molecule has 0 radical (unpaired) electrons. The SMILES string of the molecule is CCn1nc(C)cc1CC1(N)CC(C)CCC1C(C)C. The van der Waals surface area contributed by atoms with Crippen molar-refractivity contribution in [3.8, 4) is 0 Å². The number of hydrogen-bond donors (Lipinski definition) is 1. The fraction of sp³-hybridized carbons (Fsp3) is 0.824. The van der Waals surface area contributed by atoms with Gasteiger partial charge in [0.05, 0.1) is 5.69 Å². The predicted molar refractivity (Wildman–Crippen MR) is 84.6 cm³/mol. The monoisotopic (exact) mass is 277 g/mol. The predicted octanol–water partition coefficient (Wildman–Crippen LogP) is 3.54. The number of aromatic nitrogens is 2. The van der Waals surface area contributed by atoms with E-state index in [0.717, 1.165) is 31.0 Å². The molecule has 0 saturated heterocycles. The third kappa shape index (κ3) is 3.08. The van der Waals surface area contributed by atoms with Gasteiger partial charge in [0.25, 0.3) is 0 Å². The maximum Gasteiger partial charge on any atom is 0.0596 e. The molecule has 1 saturated carbocycles. The molecule has 1 aliphatic carbocycles. The van der Waals surface area contributed by atoms with E-state index in [0.29, 0.717) is 11.8 Å². The lowest BCUT2D eigenvalue weighted by Gasteiger charge is -2.46. The molecule has 0 spiro atoms. The first-order valence-electron chi connectivity index (χ1n) is 8.18. The summed E-state index contributed by atoms with van der Waals surface area (Å²) in [7, 11) is 0. The lowest BCUT2D eigenvalue weighted by molar-refractivity contribution is 0.107. The molecule has 0 aromatic carbocycles. The van der Waals surface area contributed by atoms with Crippen LogP contribution < -0.4 is 5.73 Å². The molecular weight excluding hydrogens is 246 g/mol. The van der Waals surface area contributed by atoms with Gasteiger partial charge >= 0.3 is 0 Å². The number of nitrogens with zero attached hydrogens (tertiary/aromatic N) is 2. The van der Waals surface area contributed by atoms with Gasteiger partial charge in [-0.25, -0.2) is 0 Å². The fourth-order valence-electron chi connectivity index (χ4n) is 4.21. The second-order valence-corrected chi connectivity index (χ2v) is 7.24. The zero-order valence-corrected chi connectivity index (χ0v) is 13.8.